The second kappa shape index (κ2) is 9.82. The molecule has 1 N–H and O–H groups in total. The van der Waals surface area contributed by atoms with Gasteiger partial charge in [-0.15, -0.1) is 11.8 Å². The highest BCUT2D eigenvalue weighted by molar-refractivity contribution is 8.02. The summed E-state index contributed by atoms with van der Waals surface area (Å²) in [5.41, 5.74) is 0. The fraction of sp³-hybridized carbons (Fsp3) is 0.720. The molecular formula is C25H36N2O5S. The molecule has 182 valence electrons. The van der Waals surface area contributed by atoms with Gasteiger partial charge in [0.25, 0.3) is 0 Å². The summed E-state index contributed by atoms with van der Waals surface area (Å²) < 4.78 is 4.19. The molecule has 0 bridgehead atoms. The molecule has 0 radical (unpaired) electrons. The van der Waals surface area contributed by atoms with Gasteiger partial charge < -0.3 is 19.6 Å². The molecule has 7 nitrogen and oxygen atoms in total. The lowest BCUT2D eigenvalue weighted by atomic mass is 9.74. The predicted molar refractivity (Wildman–Crippen MR) is 127 cm³/mol. The van der Waals surface area contributed by atoms with Crippen molar-refractivity contribution in [1.82, 2.24) is 9.80 Å². The fourth-order valence-corrected chi connectivity index (χ4v) is 8.02. The molecular weight excluding hydrogens is 440 g/mol. The number of amides is 2. The quantitative estimate of drug-likeness (QED) is 0.345. The third-order valence-corrected chi connectivity index (χ3v) is 9.22. The van der Waals surface area contributed by atoms with Crippen LogP contribution in [0.1, 0.15) is 52.4 Å². The average molecular weight is 477 g/mol. The Morgan fingerprint density at radius 1 is 1.09 bits per heavy atom. The number of carbonyl (C=O) groups is 3. The van der Waals surface area contributed by atoms with Gasteiger partial charge in [-0.1, -0.05) is 37.6 Å². The maximum atomic E-state index is 14.0. The van der Waals surface area contributed by atoms with Crippen molar-refractivity contribution in [2.75, 3.05) is 32.8 Å². The first-order chi connectivity index (χ1) is 15.9. The van der Waals surface area contributed by atoms with E-state index in [0.29, 0.717) is 39.1 Å². The van der Waals surface area contributed by atoms with Crippen molar-refractivity contribution in [3.63, 3.8) is 0 Å². The van der Waals surface area contributed by atoms with Crippen molar-refractivity contribution >= 4 is 29.5 Å². The Morgan fingerprint density at radius 2 is 1.91 bits per heavy atom. The third-order valence-electron chi connectivity index (χ3n) is 7.42. The molecule has 4 aliphatic rings. The van der Waals surface area contributed by atoms with Crippen LogP contribution in [0.25, 0.3) is 0 Å². The molecule has 1 spiro atoms. The second-order valence-electron chi connectivity index (χ2n) is 9.71. The zero-order chi connectivity index (χ0) is 23.6. The SMILES string of the molecule is CCCCN1CC=C[C@]23S[C@@]4(C)/C=C\CCCOC(=O)[C@H]4[C@H]2C(=O)N(CCCCO)C3C1=O. The number of cyclic esters (lactones) is 1. The predicted octanol–water partition coefficient (Wildman–Crippen LogP) is 2.54. The maximum absolute atomic E-state index is 14.0. The van der Waals surface area contributed by atoms with Crippen LogP contribution in [0.15, 0.2) is 24.3 Å². The average Bonchev–Trinajstić information content (AvgIpc) is 3.13. The normalized spacial score (nSPS) is 36.9. The molecule has 5 atom stereocenters. The van der Waals surface area contributed by atoms with Crippen molar-refractivity contribution < 1.29 is 24.2 Å². The molecule has 2 amide bonds. The lowest BCUT2D eigenvalue weighted by molar-refractivity contribution is -0.154. The highest BCUT2D eigenvalue weighted by atomic mass is 32.2. The van der Waals surface area contributed by atoms with E-state index >= 15 is 0 Å². The molecule has 0 aromatic heterocycles. The van der Waals surface area contributed by atoms with Gasteiger partial charge in [0, 0.05) is 31.0 Å². The number of carbonyl (C=O) groups excluding carboxylic acids is 3. The van der Waals surface area contributed by atoms with Crippen molar-refractivity contribution in [3.8, 4) is 0 Å². The van der Waals surface area contributed by atoms with Gasteiger partial charge >= 0.3 is 5.97 Å². The van der Waals surface area contributed by atoms with Crippen molar-refractivity contribution in [3.05, 3.63) is 24.3 Å². The highest BCUT2D eigenvalue weighted by Gasteiger charge is 2.73. The fourth-order valence-electron chi connectivity index (χ4n) is 5.86. The lowest BCUT2D eigenvalue weighted by Gasteiger charge is -2.37. The van der Waals surface area contributed by atoms with Gasteiger partial charge in [-0.25, -0.2) is 0 Å². The van der Waals surface area contributed by atoms with Gasteiger partial charge in [-0.2, -0.15) is 0 Å². The van der Waals surface area contributed by atoms with Crippen LogP contribution in [0.5, 0.6) is 0 Å². The van der Waals surface area contributed by atoms with Crippen molar-refractivity contribution in [1.29, 1.82) is 0 Å². The van der Waals surface area contributed by atoms with E-state index in [2.05, 4.69) is 19.1 Å². The molecule has 2 fully saturated rings. The molecule has 4 aliphatic heterocycles. The number of unbranched alkanes of at least 4 members (excludes halogenated alkanes) is 2. The Bertz CT molecular complexity index is 845. The molecule has 4 rings (SSSR count). The summed E-state index contributed by atoms with van der Waals surface area (Å²) in [7, 11) is 0. The highest BCUT2D eigenvalue weighted by Crippen LogP contribution is 2.65. The monoisotopic (exact) mass is 476 g/mol. The van der Waals surface area contributed by atoms with Gasteiger partial charge in [-0.3, -0.25) is 14.4 Å². The number of hydrogen-bond acceptors (Lipinski definition) is 6. The molecule has 0 saturated carbocycles. The van der Waals surface area contributed by atoms with E-state index in [9.17, 15) is 19.5 Å². The number of esters is 1. The summed E-state index contributed by atoms with van der Waals surface area (Å²) in [5.74, 6) is -1.80. The molecule has 0 aromatic rings. The van der Waals surface area contributed by atoms with Crippen LogP contribution in [-0.4, -0.2) is 81.1 Å². The van der Waals surface area contributed by atoms with E-state index in [1.807, 2.05) is 24.0 Å². The summed E-state index contributed by atoms with van der Waals surface area (Å²) in [6.45, 7) is 6.08. The van der Waals surface area contributed by atoms with Gasteiger partial charge in [0.1, 0.15) is 6.04 Å². The minimum absolute atomic E-state index is 0.0340. The zero-order valence-electron chi connectivity index (χ0n) is 19.7. The smallest absolute Gasteiger partial charge is 0.311 e. The van der Waals surface area contributed by atoms with Crippen LogP contribution in [-0.2, 0) is 19.1 Å². The standard InChI is InChI=1S/C25H36N2O5S/c1-3-4-13-26-14-10-12-25-18(21(29)27(15-7-8-16-28)20(25)22(26)30)19-23(31)32-17-9-5-6-11-24(19,2)33-25/h6,10-12,18-20,28H,3-5,7-9,13-17H2,1-2H3/b11-6-/t18-,19+,20?,24-,25-/m0/s1. The summed E-state index contributed by atoms with van der Waals surface area (Å²) in [6, 6.07) is -0.650. The summed E-state index contributed by atoms with van der Waals surface area (Å²) in [4.78, 5) is 44.8. The van der Waals surface area contributed by atoms with Crippen LogP contribution in [0, 0.1) is 11.8 Å². The van der Waals surface area contributed by atoms with Crippen LogP contribution in [0.4, 0.5) is 0 Å². The molecule has 8 heteroatoms. The Kier molecular flexibility index (Phi) is 7.24. The molecule has 2 saturated heterocycles. The van der Waals surface area contributed by atoms with Crippen molar-refractivity contribution in [2.24, 2.45) is 11.8 Å². The molecule has 1 unspecified atom stereocenters. The number of allylic oxidation sites excluding steroid dienone is 1. The van der Waals surface area contributed by atoms with E-state index in [1.165, 1.54) is 0 Å². The summed E-state index contributed by atoms with van der Waals surface area (Å²) in [6.07, 6.45) is 12.9. The van der Waals surface area contributed by atoms with E-state index in [1.54, 1.807) is 16.7 Å². The molecule has 33 heavy (non-hydrogen) atoms. The van der Waals surface area contributed by atoms with Gasteiger partial charge in [0.05, 0.1) is 23.2 Å². The lowest BCUT2D eigenvalue weighted by Crippen LogP contribution is -2.53. The Balaban J connectivity index is 1.79. The van der Waals surface area contributed by atoms with Crippen LogP contribution in [0.2, 0.25) is 0 Å². The number of ether oxygens (including phenoxy) is 1. The minimum atomic E-state index is -0.809. The Hall–Kier alpha value is -1.80. The van der Waals surface area contributed by atoms with E-state index in [0.717, 1.165) is 25.7 Å². The number of aliphatic hydroxyl groups excluding tert-OH is 1. The van der Waals surface area contributed by atoms with E-state index in [-0.39, 0.29) is 24.4 Å². The number of likely N-dealkylation sites (tertiary alicyclic amines) is 1. The topological polar surface area (TPSA) is 87.2 Å². The van der Waals surface area contributed by atoms with Crippen molar-refractivity contribution in [2.45, 2.75) is 67.9 Å². The van der Waals surface area contributed by atoms with Crippen LogP contribution >= 0.6 is 11.8 Å². The van der Waals surface area contributed by atoms with Gasteiger partial charge in [0.15, 0.2) is 0 Å². The number of hydrogen-bond donors (Lipinski definition) is 1. The van der Waals surface area contributed by atoms with Gasteiger partial charge in [0.2, 0.25) is 11.8 Å². The first-order valence-corrected chi connectivity index (χ1v) is 13.1. The van der Waals surface area contributed by atoms with Gasteiger partial charge in [-0.05, 0) is 39.0 Å². The number of aliphatic hydroxyl groups is 1. The second-order valence-corrected chi connectivity index (χ2v) is 11.5. The third kappa shape index (κ3) is 4.14. The van der Waals surface area contributed by atoms with Crippen LogP contribution < -0.4 is 0 Å². The number of rotatable bonds is 7. The van der Waals surface area contributed by atoms with E-state index in [4.69, 9.17) is 4.74 Å². The summed E-state index contributed by atoms with van der Waals surface area (Å²) >= 11 is 1.59. The first kappa shape index (κ1) is 24.3. The van der Waals surface area contributed by atoms with Crippen LogP contribution in [0.3, 0.4) is 0 Å². The molecule has 0 aromatic carbocycles. The molecule has 4 heterocycles. The largest absolute Gasteiger partial charge is 0.465 e. The molecule has 0 aliphatic carbocycles. The number of nitrogens with zero attached hydrogens (tertiary/aromatic N) is 2. The maximum Gasteiger partial charge on any atom is 0.311 e. The zero-order valence-corrected chi connectivity index (χ0v) is 20.5. The Morgan fingerprint density at radius 3 is 2.67 bits per heavy atom. The first-order valence-electron chi connectivity index (χ1n) is 12.3. The Labute approximate surface area is 200 Å². The summed E-state index contributed by atoms with van der Waals surface area (Å²) in [5, 5.41) is 9.28. The van der Waals surface area contributed by atoms with E-state index < -0.39 is 27.4 Å². The minimum Gasteiger partial charge on any atom is -0.465 e. The number of fused-ring (bicyclic) bond motifs is 2. The number of thioether (sulfide) groups is 1.